The van der Waals surface area contributed by atoms with Gasteiger partial charge in [-0.25, -0.2) is 0 Å². The van der Waals surface area contributed by atoms with Crippen molar-refractivity contribution in [2.45, 2.75) is 13.0 Å². The Bertz CT molecular complexity index is 456. The van der Waals surface area contributed by atoms with E-state index in [1.807, 2.05) is 0 Å². The summed E-state index contributed by atoms with van der Waals surface area (Å²) in [6, 6.07) is 5.18. The van der Waals surface area contributed by atoms with Crippen LogP contribution in [0.3, 0.4) is 0 Å². The number of nitrogens with one attached hydrogen (secondary N) is 1. The molecule has 0 aliphatic carbocycles. The lowest BCUT2D eigenvalue weighted by atomic mass is 10.3. The number of carbonyl (C=O) groups excluding carboxylic acids is 1. The van der Waals surface area contributed by atoms with E-state index in [1.54, 1.807) is 25.1 Å². The molecule has 0 saturated carbocycles. The SMILES string of the molecule is C#CCNC(=O)C(C)Oc1cc(Br)ccc1Cl. The van der Waals surface area contributed by atoms with Crippen molar-refractivity contribution < 1.29 is 9.53 Å². The molecule has 1 aromatic carbocycles. The summed E-state index contributed by atoms with van der Waals surface area (Å²) in [5.74, 6) is 2.49. The van der Waals surface area contributed by atoms with Crippen molar-refractivity contribution >= 4 is 33.4 Å². The predicted octanol–water partition coefficient (Wildman–Crippen LogP) is 2.62. The van der Waals surface area contributed by atoms with Crippen LogP contribution in [0.4, 0.5) is 0 Å². The molecule has 0 heterocycles. The zero-order chi connectivity index (χ0) is 12.8. The molecule has 0 saturated heterocycles. The molecule has 1 aromatic rings. The smallest absolute Gasteiger partial charge is 0.261 e. The van der Waals surface area contributed by atoms with Gasteiger partial charge in [0, 0.05) is 4.47 Å². The third kappa shape index (κ3) is 4.29. The molecule has 0 spiro atoms. The zero-order valence-electron chi connectivity index (χ0n) is 9.17. The van der Waals surface area contributed by atoms with Crippen LogP contribution >= 0.6 is 27.5 Å². The van der Waals surface area contributed by atoms with Gasteiger partial charge < -0.3 is 10.1 Å². The van der Waals surface area contributed by atoms with Gasteiger partial charge >= 0.3 is 0 Å². The van der Waals surface area contributed by atoms with E-state index < -0.39 is 6.10 Å². The molecule has 0 aliphatic rings. The summed E-state index contributed by atoms with van der Waals surface area (Å²) in [5, 5.41) is 2.98. The van der Waals surface area contributed by atoms with Gasteiger partial charge in [-0.05, 0) is 25.1 Å². The van der Waals surface area contributed by atoms with Crippen LogP contribution in [0.25, 0.3) is 0 Å². The van der Waals surface area contributed by atoms with Crippen molar-refractivity contribution in [3.05, 3.63) is 27.7 Å². The van der Waals surface area contributed by atoms with Crippen molar-refractivity contribution in [1.82, 2.24) is 5.32 Å². The molecular weight excluding hydrogens is 305 g/mol. The lowest BCUT2D eigenvalue weighted by Crippen LogP contribution is -2.36. The van der Waals surface area contributed by atoms with Crippen LogP contribution in [0.1, 0.15) is 6.92 Å². The summed E-state index contributed by atoms with van der Waals surface area (Å²) in [7, 11) is 0. The number of terminal acetylenes is 1. The maximum absolute atomic E-state index is 11.5. The quantitative estimate of drug-likeness (QED) is 0.867. The fourth-order valence-corrected chi connectivity index (χ4v) is 1.60. The van der Waals surface area contributed by atoms with Crippen molar-refractivity contribution in [3.63, 3.8) is 0 Å². The molecule has 0 radical (unpaired) electrons. The monoisotopic (exact) mass is 315 g/mol. The fourth-order valence-electron chi connectivity index (χ4n) is 1.09. The van der Waals surface area contributed by atoms with E-state index >= 15 is 0 Å². The van der Waals surface area contributed by atoms with Gasteiger partial charge in [0.1, 0.15) is 5.75 Å². The highest BCUT2D eigenvalue weighted by atomic mass is 79.9. The molecule has 0 fully saturated rings. The summed E-state index contributed by atoms with van der Waals surface area (Å²) in [6.07, 6.45) is 4.38. The Hall–Kier alpha value is -1.18. The minimum absolute atomic E-state index is 0.179. The van der Waals surface area contributed by atoms with E-state index in [2.05, 4.69) is 27.2 Å². The number of hydrogen-bond donors (Lipinski definition) is 1. The van der Waals surface area contributed by atoms with Gasteiger partial charge in [0.25, 0.3) is 5.91 Å². The zero-order valence-corrected chi connectivity index (χ0v) is 11.5. The van der Waals surface area contributed by atoms with Crippen LogP contribution in [0.15, 0.2) is 22.7 Å². The number of benzene rings is 1. The second-order valence-corrected chi connectivity index (χ2v) is 4.58. The number of amides is 1. The molecule has 0 aliphatic heterocycles. The summed E-state index contributed by atoms with van der Waals surface area (Å²) in [5.41, 5.74) is 0. The lowest BCUT2D eigenvalue weighted by Gasteiger charge is -2.15. The standard InChI is InChI=1S/C12H11BrClNO2/c1-3-6-15-12(16)8(2)17-11-7-9(13)4-5-10(11)14/h1,4-5,7-8H,6H2,2H3,(H,15,16). The minimum Gasteiger partial charge on any atom is -0.479 e. The third-order valence-corrected chi connectivity index (χ3v) is 2.74. The van der Waals surface area contributed by atoms with E-state index in [-0.39, 0.29) is 12.5 Å². The maximum Gasteiger partial charge on any atom is 0.261 e. The van der Waals surface area contributed by atoms with Gasteiger partial charge in [-0.1, -0.05) is 33.5 Å². The predicted molar refractivity (Wildman–Crippen MR) is 71.1 cm³/mol. The number of carbonyl (C=O) groups is 1. The molecule has 1 amide bonds. The molecule has 0 aromatic heterocycles. The molecule has 1 N–H and O–H groups in total. The highest BCUT2D eigenvalue weighted by Crippen LogP contribution is 2.28. The molecule has 17 heavy (non-hydrogen) atoms. The summed E-state index contributed by atoms with van der Waals surface area (Å²) in [6.45, 7) is 1.81. The Morgan fingerprint density at radius 2 is 2.41 bits per heavy atom. The van der Waals surface area contributed by atoms with Crippen molar-refractivity contribution in [2.75, 3.05) is 6.54 Å². The summed E-state index contributed by atoms with van der Waals surface area (Å²) >= 11 is 9.24. The van der Waals surface area contributed by atoms with Gasteiger partial charge in [0.2, 0.25) is 0 Å². The van der Waals surface area contributed by atoms with Crippen LogP contribution in [0.5, 0.6) is 5.75 Å². The van der Waals surface area contributed by atoms with Crippen LogP contribution in [-0.4, -0.2) is 18.6 Å². The fraction of sp³-hybridized carbons (Fsp3) is 0.250. The van der Waals surface area contributed by atoms with E-state index in [0.717, 1.165) is 4.47 Å². The Labute approximate surface area is 114 Å². The van der Waals surface area contributed by atoms with E-state index in [0.29, 0.717) is 10.8 Å². The first-order valence-corrected chi connectivity index (χ1v) is 6.04. The Balaban J connectivity index is 2.67. The van der Waals surface area contributed by atoms with Crippen LogP contribution in [0.2, 0.25) is 5.02 Å². The van der Waals surface area contributed by atoms with Gasteiger partial charge in [-0.15, -0.1) is 6.42 Å². The number of hydrogen-bond acceptors (Lipinski definition) is 2. The highest BCUT2D eigenvalue weighted by molar-refractivity contribution is 9.10. The second-order valence-electron chi connectivity index (χ2n) is 3.26. The van der Waals surface area contributed by atoms with Gasteiger partial charge in [0.05, 0.1) is 11.6 Å². The second kappa shape index (κ2) is 6.53. The molecule has 0 bridgehead atoms. The molecule has 5 heteroatoms. The topological polar surface area (TPSA) is 38.3 Å². The molecular formula is C12H11BrClNO2. The summed E-state index contributed by atoms with van der Waals surface area (Å²) in [4.78, 5) is 11.5. The first kappa shape index (κ1) is 13.9. The first-order valence-electron chi connectivity index (χ1n) is 4.87. The van der Waals surface area contributed by atoms with Gasteiger partial charge in [-0.2, -0.15) is 0 Å². The third-order valence-electron chi connectivity index (χ3n) is 1.93. The van der Waals surface area contributed by atoms with Crippen LogP contribution in [-0.2, 0) is 4.79 Å². The van der Waals surface area contributed by atoms with E-state index in [4.69, 9.17) is 22.8 Å². The van der Waals surface area contributed by atoms with Crippen LogP contribution in [0, 0.1) is 12.3 Å². The summed E-state index contributed by atoms with van der Waals surface area (Å²) < 4.78 is 6.27. The normalized spacial score (nSPS) is 11.4. The van der Waals surface area contributed by atoms with Gasteiger partial charge in [-0.3, -0.25) is 4.79 Å². The van der Waals surface area contributed by atoms with Crippen molar-refractivity contribution in [2.24, 2.45) is 0 Å². The first-order chi connectivity index (χ1) is 8.04. The number of ether oxygens (including phenoxy) is 1. The number of rotatable bonds is 4. The average Bonchev–Trinajstić information content (AvgIpc) is 2.30. The average molecular weight is 317 g/mol. The molecule has 1 atom stereocenters. The van der Waals surface area contributed by atoms with Crippen molar-refractivity contribution in [3.8, 4) is 18.1 Å². The Kier molecular flexibility index (Phi) is 5.33. The molecule has 1 unspecified atom stereocenters. The Morgan fingerprint density at radius 1 is 1.71 bits per heavy atom. The maximum atomic E-state index is 11.5. The molecule has 90 valence electrons. The largest absolute Gasteiger partial charge is 0.479 e. The molecule has 3 nitrogen and oxygen atoms in total. The minimum atomic E-state index is -0.657. The lowest BCUT2D eigenvalue weighted by molar-refractivity contribution is -0.126. The number of halogens is 2. The molecule has 1 rings (SSSR count). The van der Waals surface area contributed by atoms with E-state index in [1.165, 1.54) is 0 Å². The van der Waals surface area contributed by atoms with E-state index in [9.17, 15) is 4.79 Å². The Morgan fingerprint density at radius 3 is 3.06 bits per heavy atom. The highest BCUT2D eigenvalue weighted by Gasteiger charge is 2.15. The van der Waals surface area contributed by atoms with Crippen LogP contribution < -0.4 is 10.1 Å². The van der Waals surface area contributed by atoms with Gasteiger partial charge in [0.15, 0.2) is 6.10 Å². The van der Waals surface area contributed by atoms with Crippen molar-refractivity contribution in [1.29, 1.82) is 0 Å².